The lowest BCUT2D eigenvalue weighted by Gasteiger charge is -2.13. The van der Waals surface area contributed by atoms with Gasteiger partial charge in [0.15, 0.2) is 6.61 Å². The first-order chi connectivity index (χ1) is 15.1. The van der Waals surface area contributed by atoms with Crippen molar-refractivity contribution in [2.45, 2.75) is 38.4 Å². The van der Waals surface area contributed by atoms with Gasteiger partial charge in [-0.25, -0.2) is 8.42 Å². The van der Waals surface area contributed by atoms with Crippen LogP contribution in [0.2, 0.25) is 0 Å². The number of rotatable bonds is 8. The Morgan fingerprint density at radius 1 is 1.16 bits per heavy atom. The van der Waals surface area contributed by atoms with E-state index in [0.29, 0.717) is 23.3 Å². The molecule has 0 aliphatic heterocycles. The molecule has 4 rings (SSSR count). The second-order valence-corrected chi connectivity index (χ2v) is 9.79. The highest BCUT2D eigenvalue weighted by Crippen LogP contribution is 2.46. The highest BCUT2D eigenvalue weighted by Gasteiger charge is 2.31. The van der Waals surface area contributed by atoms with Crippen molar-refractivity contribution < 1.29 is 26.3 Å². The molecule has 0 unspecified atom stereocenters. The second kappa shape index (κ2) is 8.23. The first-order valence-corrected chi connectivity index (χ1v) is 12.0. The minimum absolute atomic E-state index is 0.0381. The molecule has 3 N–H and O–H groups in total. The maximum absolute atomic E-state index is 12.5. The fourth-order valence-corrected chi connectivity index (χ4v) is 4.91. The molecule has 6 nitrogen and oxygen atoms in total. The summed E-state index contributed by atoms with van der Waals surface area (Å²) in [6.07, 6.45) is -2.02. The Hall–Kier alpha value is -2.88. The Bertz CT molecular complexity index is 1230. The third kappa shape index (κ3) is 4.79. The molecule has 1 aliphatic rings. The normalized spacial score (nSPS) is 14.6. The predicted octanol–water partition coefficient (Wildman–Crippen LogP) is 5.32. The van der Waals surface area contributed by atoms with Crippen molar-refractivity contribution in [1.29, 1.82) is 0 Å². The third-order valence-electron chi connectivity index (χ3n) is 5.23. The Morgan fingerprint density at radius 2 is 1.84 bits per heavy atom. The number of nitrogens with zero attached hydrogens (tertiary/aromatic N) is 1. The van der Waals surface area contributed by atoms with Gasteiger partial charge in [0.1, 0.15) is 5.75 Å². The number of anilines is 2. The van der Waals surface area contributed by atoms with Crippen molar-refractivity contribution in [1.82, 2.24) is 4.57 Å². The second-order valence-electron chi connectivity index (χ2n) is 7.94. The maximum atomic E-state index is 12.5. The molecule has 0 amide bonds. The van der Waals surface area contributed by atoms with Crippen LogP contribution in [0, 0.1) is 0 Å². The van der Waals surface area contributed by atoms with Gasteiger partial charge >= 0.3 is 6.18 Å². The van der Waals surface area contributed by atoms with E-state index in [0.717, 1.165) is 29.5 Å². The summed E-state index contributed by atoms with van der Waals surface area (Å²) < 4.78 is 71.2. The molecule has 32 heavy (non-hydrogen) atoms. The average molecular weight is 468 g/mol. The number of hydrogen-bond acceptors (Lipinski definition) is 4. The maximum Gasteiger partial charge on any atom is 0.422 e. The fraction of sp³-hybridized carbons (Fsp3) is 0.364. The smallest absolute Gasteiger partial charge is 0.422 e. The minimum Gasteiger partial charge on any atom is -0.484 e. The molecule has 1 fully saturated rings. The van der Waals surface area contributed by atoms with Crippen LogP contribution >= 0.6 is 0 Å². The van der Waals surface area contributed by atoms with E-state index in [1.54, 1.807) is 43.3 Å². The number of nitrogens with one attached hydrogen (secondary N) is 1. The molecule has 2 aromatic carbocycles. The quantitative estimate of drug-likeness (QED) is 0.470. The molecule has 0 bridgehead atoms. The summed E-state index contributed by atoms with van der Waals surface area (Å²) >= 11 is 0. The van der Waals surface area contributed by atoms with E-state index >= 15 is 0 Å². The van der Waals surface area contributed by atoms with Crippen molar-refractivity contribution in [3.8, 4) is 17.0 Å². The summed E-state index contributed by atoms with van der Waals surface area (Å²) in [4.78, 5) is 0. The number of benzene rings is 2. The van der Waals surface area contributed by atoms with Crippen LogP contribution in [0.4, 0.5) is 24.5 Å². The molecule has 1 aliphatic carbocycles. The van der Waals surface area contributed by atoms with Crippen molar-refractivity contribution in [2.24, 2.45) is 0 Å². The number of alkyl halides is 3. The average Bonchev–Trinajstić information content (AvgIpc) is 3.50. The van der Waals surface area contributed by atoms with Crippen LogP contribution in [0.5, 0.6) is 5.75 Å². The topological polar surface area (TPSA) is 86.3 Å². The first-order valence-electron chi connectivity index (χ1n) is 10.3. The first kappa shape index (κ1) is 22.3. The van der Waals surface area contributed by atoms with Gasteiger partial charge in [0.25, 0.3) is 0 Å². The van der Waals surface area contributed by atoms with Gasteiger partial charge in [0.05, 0.1) is 22.7 Å². The van der Waals surface area contributed by atoms with Crippen LogP contribution in [0.15, 0.2) is 42.5 Å². The number of halogens is 3. The molecule has 10 heteroatoms. The Kier molecular flexibility index (Phi) is 5.74. The largest absolute Gasteiger partial charge is 0.484 e. The fourth-order valence-electron chi connectivity index (χ4n) is 3.77. The SMILES string of the molecule is CCCS(=O)(=O)Nc1ccc(-c2c(N)c3ccc(OCC(F)(F)F)cc3n2C2CC2)cc1. The molecule has 0 radical (unpaired) electrons. The molecule has 172 valence electrons. The number of hydrogen-bond donors (Lipinski definition) is 2. The van der Waals surface area contributed by atoms with Crippen molar-refractivity contribution >= 4 is 32.3 Å². The summed E-state index contributed by atoms with van der Waals surface area (Å²) in [6.45, 7) is 0.432. The van der Waals surface area contributed by atoms with E-state index in [9.17, 15) is 21.6 Å². The molecule has 0 spiro atoms. The van der Waals surface area contributed by atoms with E-state index in [1.165, 1.54) is 6.07 Å². The number of ether oxygens (including phenoxy) is 1. The van der Waals surface area contributed by atoms with Gasteiger partial charge in [-0.05, 0) is 43.5 Å². The van der Waals surface area contributed by atoms with Crippen LogP contribution < -0.4 is 15.2 Å². The predicted molar refractivity (Wildman–Crippen MR) is 119 cm³/mol. The molecule has 0 saturated heterocycles. The van der Waals surface area contributed by atoms with Crippen molar-refractivity contribution in [3.05, 3.63) is 42.5 Å². The number of nitrogen functional groups attached to an aromatic ring is 1. The number of nitrogens with two attached hydrogens (primary N) is 1. The lowest BCUT2D eigenvalue weighted by atomic mass is 10.1. The number of fused-ring (bicyclic) bond motifs is 1. The minimum atomic E-state index is -4.42. The standard InChI is InChI=1S/C22H24F3N3O3S/c1-2-11-32(29,30)27-15-5-3-14(4-6-15)21-20(26)18-10-9-17(31-13-22(23,24)25)12-19(18)28(21)16-7-8-16/h3-6,9-10,12,16,27H,2,7-8,11,13,26H2,1H3. The Labute approximate surface area is 184 Å². The van der Waals surface area contributed by atoms with Crippen molar-refractivity contribution in [3.63, 3.8) is 0 Å². The van der Waals surface area contributed by atoms with E-state index in [4.69, 9.17) is 10.5 Å². The van der Waals surface area contributed by atoms with Gasteiger partial charge in [-0.2, -0.15) is 13.2 Å². The molecule has 3 aromatic rings. The highest BCUT2D eigenvalue weighted by atomic mass is 32.2. The van der Waals surface area contributed by atoms with Crippen molar-refractivity contribution in [2.75, 3.05) is 22.8 Å². The number of sulfonamides is 1. The number of aromatic nitrogens is 1. The summed E-state index contributed by atoms with van der Waals surface area (Å²) in [7, 11) is -3.40. The van der Waals surface area contributed by atoms with Crippen LogP contribution in [0.3, 0.4) is 0 Å². The molecule has 1 saturated carbocycles. The van der Waals surface area contributed by atoms with Gasteiger partial charge in [-0.3, -0.25) is 4.72 Å². The van der Waals surface area contributed by atoms with Gasteiger partial charge in [0.2, 0.25) is 10.0 Å². The van der Waals surface area contributed by atoms with E-state index in [-0.39, 0.29) is 17.5 Å². The lowest BCUT2D eigenvalue weighted by molar-refractivity contribution is -0.153. The van der Waals surface area contributed by atoms with Gasteiger partial charge < -0.3 is 15.0 Å². The summed E-state index contributed by atoms with van der Waals surface area (Å²) in [5, 5.41) is 0.735. The van der Waals surface area contributed by atoms with E-state index < -0.39 is 22.8 Å². The molecule has 1 heterocycles. The summed E-state index contributed by atoms with van der Waals surface area (Å²) in [5.41, 5.74) is 9.71. The van der Waals surface area contributed by atoms with E-state index in [2.05, 4.69) is 4.72 Å². The molecular formula is C22H24F3N3O3S. The lowest BCUT2D eigenvalue weighted by Crippen LogP contribution is -2.19. The molecule has 1 aromatic heterocycles. The van der Waals surface area contributed by atoms with Gasteiger partial charge in [-0.1, -0.05) is 19.1 Å². The summed E-state index contributed by atoms with van der Waals surface area (Å²) in [6, 6.07) is 11.9. The monoisotopic (exact) mass is 467 g/mol. The van der Waals surface area contributed by atoms with Crippen LogP contribution in [-0.2, 0) is 10.0 Å². The Balaban J connectivity index is 1.71. The molecule has 0 atom stereocenters. The zero-order chi connectivity index (χ0) is 23.1. The zero-order valence-corrected chi connectivity index (χ0v) is 18.3. The van der Waals surface area contributed by atoms with E-state index in [1.807, 2.05) is 4.57 Å². The van der Waals surface area contributed by atoms with Crippen LogP contribution in [-0.4, -0.2) is 31.5 Å². The summed E-state index contributed by atoms with van der Waals surface area (Å²) in [5.74, 6) is 0.164. The van der Waals surface area contributed by atoms with Crippen LogP contribution in [0.25, 0.3) is 22.2 Å². The van der Waals surface area contributed by atoms with Crippen LogP contribution in [0.1, 0.15) is 32.2 Å². The van der Waals surface area contributed by atoms with Gasteiger partial charge in [-0.15, -0.1) is 0 Å². The van der Waals surface area contributed by atoms with Gasteiger partial charge in [0, 0.05) is 28.7 Å². The Morgan fingerprint density at radius 3 is 2.44 bits per heavy atom. The zero-order valence-electron chi connectivity index (χ0n) is 17.4. The third-order valence-corrected chi connectivity index (χ3v) is 6.73. The molecular weight excluding hydrogens is 443 g/mol. The highest BCUT2D eigenvalue weighted by molar-refractivity contribution is 7.92.